The van der Waals surface area contributed by atoms with Crippen molar-refractivity contribution >= 4 is 62.3 Å². The standard InChI is InChI=1S/C18H13Cl3N2O4S/c19-9-2-6-15-12(7-9)16(18(25)23(11-3-4-11)28(15,26)27)17(24)22-14-5-1-10(20)8-13(14)21/h1-2,5-8,11,16H,3-4H2,(H,22,24). The number of halogens is 3. The normalized spacial score (nSPS) is 20.6. The molecule has 0 aromatic heterocycles. The lowest BCUT2D eigenvalue weighted by molar-refractivity contribution is -0.133. The number of hydrogen-bond acceptors (Lipinski definition) is 4. The van der Waals surface area contributed by atoms with Crippen molar-refractivity contribution in [3.05, 3.63) is 57.0 Å². The molecule has 4 rings (SSSR count). The highest BCUT2D eigenvalue weighted by atomic mass is 35.5. The molecule has 0 radical (unpaired) electrons. The maximum atomic E-state index is 13.1. The minimum absolute atomic E-state index is 0.0528. The molecule has 1 heterocycles. The van der Waals surface area contributed by atoms with Crippen LogP contribution < -0.4 is 5.32 Å². The van der Waals surface area contributed by atoms with Crippen molar-refractivity contribution in [1.82, 2.24) is 4.31 Å². The van der Waals surface area contributed by atoms with E-state index in [1.54, 1.807) is 0 Å². The molecular formula is C18H13Cl3N2O4S. The first-order chi connectivity index (χ1) is 13.2. The number of rotatable bonds is 3. The maximum absolute atomic E-state index is 13.1. The van der Waals surface area contributed by atoms with Crippen molar-refractivity contribution in [2.45, 2.75) is 29.7 Å². The highest BCUT2D eigenvalue weighted by Gasteiger charge is 2.51. The van der Waals surface area contributed by atoms with Gasteiger partial charge in [-0.25, -0.2) is 12.7 Å². The van der Waals surface area contributed by atoms with Crippen LogP contribution in [0.3, 0.4) is 0 Å². The van der Waals surface area contributed by atoms with Crippen LogP contribution in [0.15, 0.2) is 41.3 Å². The summed E-state index contributed by atoms with van der Waals surface area (Å²) >= 11 is 18.0. The van der Waals surface area contributed by atoms with Gasteiger partial charge >= 0.3 is 0 Å². The first kappa shape index (κ1) is 19.5. The quantitative estimate of drug-likeness (QED) is 0.702. The summed E-state index contributed by atoms with van der Waals surface area (Å²) in [5, 5.41) is 3.40. The first-order valence-corrected chi connectivity index (χ1v) is 10.9. The van der Waals surface area contributed by atoms with Crippen LogP contribution in [0.4, 0.5) is 5.69 Å². The molecule has 6 nitrogen and oxygen atoms in total. The Bertz CT molecular complexity index is 1120. The molecule has 1 atom stereocenters. The highest BCUT2D eigenvalue weighted by Crippen LogP contribution is 2.42. The Kier molecular flexibility index (Phi) is 4.82. The van der Waals surface area contributed by atoms with Gasteiger partial charge in [-0.3, -0.25) is 9.59 Å². The molecule has 0 spiro atoms. The maximum Gasteiger partial charge on any atom is 0.267 e. The van der Waals surface area contributed by atoms with Crippen LogP contribution in [0.2, 0.25) is 15.1 Å². The Labute approximate surface area is 176 Å². The van der Waals surface area contributed by atoms with Gasteiger partial charge in [0.25, 0.3) is 15.9 Å². The summed E-state index contributed by atoms with van der Waals surface area (Å²) in [5.41, 5.74) is 0.316. The molecule has 0 bridgehead atoms. The summed E-state index contributed by atoms with van der Waals surface area (Å²) in [6.07, 6.45) is 1.15. The molecule has 0 saturated heterocycles. The fraction of sp³-hybridized carbons (Fsp3) is 0.222. The van der Waals surface area contributed by atoms with Crippen molar-refractivity contribution in [2.75, 3.05) is 5.32 Å². The fourth-order valence-corrected chi connectivity index (χ4v) is 5.71. The van der Waals surface area contributed by atoms with Gasteiger partial charge in [0.15, 0.2) is 0 Å². The number of nitrogens with zero attached hydrogens (tertiary/aromatic N) is 1. The predicted octanol–water partition coefficient (Wildman–Crippen LogP) is 4.06. The van der Waals surface area contributed by atoms with Crippen LogP contribution >= 0.6 is 34.8 Å². The van der Waals surface area contributed by atoms with E-state index in [2.05, 4.69) is 5.32 Å². The van der Waals surface area contributed by atoms with Crippen LogP contribution in [-0.2, 0) is 19.6 Å². The third-order valence-electron chi connectivity index (χ3n) is 4.61. The number of fused-ring (bicyclic) bond motifs is 1. The number of amides is 2. The predicted molar refractivity (Wildman–Crippen MR) is 106 cm³/mol. The molecule has 1 unspecified atom stereocenters. The molecule has 146 valence electrons. The topological polar surface area (TPSA) is 83.6 Å². The van der Waals surface area contributed by atoms with Gasteiger partial charge in [0.05, 0.1) is 15.6 Å². The second-order valence-electron chi connectivity index (χ2n) is 6.60. The molecule has 2 aliphatic rings. The Hall–Kier alpha value is -1.80. The number of hydrogen-bond donors (Lipinski definition) is 1. The van der Waals surface area contributed by atoms with Crippen molar-refractivity contribution in [3.63, 3.8) is 0 Å². The van der Waals surface area contributed by atoms with E-state index >= 15 is 0 Å². The second-order valence-corrected chi connectivity index (χ2v) is 9.66. The van der Waals surface area contributed by atoms with E-state index in [0.29, 0.717) is 17.9 Å². The monoisotopic (exact) mass is 458 g/mol. The second kappa shape index (κ2) is 6.91. The Morgan fingerprint density at radius 1 is 1.04 bits per heavy atom. The first-order valence-electron chi connectivity index (χ1n) is 8.34. The molecule has 2 aromatic carbocycles. The van der Waals surface area contributed by atoms with E-state index in [9.17, 15) is 18.0 Å². The van der Waals surface area contributed by atoms with Gasteiger partial charge in [-0.15, -0.1) is 0 Å². The summed E-state index contributed by atoms with van der Waals surface area (Å²) in [7, 11) is -4.04. The van der Waals surface area contributed by atoms with E-state index in [-0.39, 0.29) is 26.2 Å². The molecule has 1 N–H and O–H groups in total. The lowest BCUT2D eigenvalue weighted by atomic mass is 9.96. The van der Waals surface area contributed by atoms with E-state index in [4.69, 9.17) is 34.8 Å². The lowest BCUT2D eigenvalue weighted by Crippen LogP contribution is -2.48. The molecular weight excluding hydrogens is 447 g/mol. The van der Waals surface area contributed by atoms with Crippen molar-refractivity contribution in [2.24, 2.45) is 0 Å². The van der Waals surface area contributed by atoms with Crippen LogP contribution in [0.1, 0.15) is 24.3 Å². The summed E-state index contributed by atoms with van der Waals surface area (Å²) in [5.74, 6) is -2.84. The van der Waals surface area contributed by atoms with E-state index in [1.165, 1.54) is 36.4 Å². The minimum atomic E-state index is -4.04. The van der Waals surface area contributed by atoms with Crippen LogP contribution in [0.25, 0.3) is 0 Å². The van der Waals surface area contributed by atoms with Crippen molar-refractivity contribution < 1.29 is 18.0 Å². The van der Waals surface area contributed by atoms with Crippen molar-refractivity contribution in [1.29, 1.82) is 0 Å². The van der Waals surface area contributed by atoms with Crippen LogP contribution in [0, 0.1) is 0 Å². The smallest absolute Gasteiger partial charge is 0.267 e. The molecule has 2 aromatic rings. The van der Waals surface area contributed by atoms with Gasteiger partial charge in [0.1, 0.15) is 5.92 Å². The van der Waals surface area contributed by atoms with Gasteiger partial charge in [-0.2, -0.15) is 0 Å². The summed E-state index contributed by atoms with van der Waals surface area (Å²) in [6.45, 7) is 0. The number of nitrogens with one attached hydrogen (secondary N) is 1. The van der Waals surface area contributed by atoms with E-state index in [0.717, 1.165) is 4.31 Å². The van der Waals surface area contributed by atoms with E-state index in [1.807, 2.05) is 0 Å². The molecule has 28 heavy (non-hydrogen) atoms. The number of anilines is 1. The molecule has 1 saturated carbocycles. The van der Waals surface area contributed by atoms with Gasteiger partial charge in [-0.05, 0) is 54.8 Å². The third kappa shape index (κ3) is 3.26. The Morgan fingerprint density at radius 2 is 1.68 bits per heavy atom. The summed E-state index contributed by atoms with van der Waals surface area (Å²) < 4.78 is 26.7. The number of sulfonamides is 1. The lowest BCUT2D eigenvalue weighted by Gasteiger charge is -2.33. The third-order valence-corrected chi connectivity index (χ3v) is 7.32. The number of carbonyl (C=O) groups excluding carboxylic acids is 2. The number of benzene rings is 2. The van der Waals surface area contributed by atoms with Gasteiger partial charge in [0, 0.05) is 16.1 Å². The zero-order chi connectivity index (χ0) is 20.2. The highest BCUT2D eigenvalue weighted by molar-refractivity contribution is 7.89. The van der Waals surface area contributed by atoms with Crippen LogP contribution in [0.5, 0.6) is 0 Å². The molecule has 1 aliphatic heterocycles. The van der Waals surface area contributed by atoms with Crippen LogP contribution in [-0.4, -0.2) is 30.6 Å². The zero-order valence-corrected chi connectivity index (χ0v) is 17.2. The molecule has 10 heteroatoms. The van der Waals surface area contributed by atoms with Gasteiger partial charge in [0.2, 0.25) is 5.91 Å². The average Bonchev–Trinajstić information content (AvgIpc) is 3.41. The average molecular weight is 460 g/mol. The minimum Gasteiger partial charge on any atom is -0.324 e. The fourth-order valence-electron chi connectivity index (χ4n) is 3.20. The zero-order valence-electron chi connectivity index (χ0n) is 14.2. The SMILES string of the molecule is O=C(Nc1ccc(Cl)cc1Cl)C1C(=O)N(C2CC2)S(=O)(=O)c2ccc(Cl)cc21. The summed E-state index contributed by atoms with van der Waals surface area (Å²) in [4.78, 5) is 26.0. The molecule has 1 aliphatic carbocycles. The summed E-state index contributed by atoms with van der Waals surface area (Å²) in [6, 6.07) is 8.16. The van der Waals surface area contributed by atoms with Gasteiger partial charge < -0.3 is 5.32 Å². The molecule has 1 fully saturated rings. The van der Waals surface area contributed by atoms with Gasteiger partial charge in [-0.1, -0.05) is 34.8 Å². The Balaban J connectivity index is 1.79. The molecule has 2 amide bonds. The Morgan fingerprint density at radius 3 is 2.32 bits per heavy atom. The van der Waals surface area contributed by atoms with Crippen molar-refractivity contribution in [3.8, 4) is 0 Å². The number of carbonyl (C=O) groups is 2. The van der Waals surface area contributed by atoms with E-state index < -0.39 is 33.8 Å². The largest absolute Gasteiger partial charge is 0.324 e.